The number of ether oxygens (including phenoxy) is 1. The number of aromatic amines is 1. The smallest absolute Gasteiger partial charge is 0.178 e. The van der Waals surface area contributed by atoms with E-state index in [9.17, 15) is 0 Å². The summed E-state index contributed by atoms with van der Waals surface area (Å²) in [6, 6.07) is 6.61. The van der Waals surface area contributed by atoms with Crippen LogP contribution in [0.4, 0.5) is 0 Å². The highest BCUT2D eigenvalue weighted by atomic mass is 32.1. The molecule has 2 aromatic rings. The molecule has 0 aliphatic heterocycles. The van der Waals surface area contributed by atoms with Gasteiger partial charge in [0, 0.05) is 6.04 Å². The Balaban J connectivity index is 2.04. The first-order valence-corrected chi connectivity index (χ1v) is 7.87. The SMILES string of the molecule is CC(C)Oc1cccc2c1[nH]c(=S)n2C(C)CC1CC1. The standard InChI is InChI=1S/C16H22N2OS/c1-10(2)19-14-6-4-5-13-15(14)17-16(20)18(13)11(3)9-12-7-8-12/h4-6,10-12H,7-9H2,1-3H3,(H,17,20). The van der Waals surface area contributed by atoms with E-state index < -0.39 is 0 Å². The number of hydrogen-bond donors (Lipinski definition) is 1. The van der Waals surface area contributed by atoms with Crippen LogP contribution in [0.3, 0.4) is 0 Å². The molecular weight excluding hydrogens is 268 g/mol. The molecule has 3 nitrogen and oxygen atoms in total. The molecule has 0 bridgehead atoms. The second-order valence-corrected chi connectivity index (χ2v) is 6.53. The van der Waals surface area contributed by atoms with Crippen molar-refractivity contribution >= 4 is 23.3 Å². The van der Waals surface area contributed by atoms with Crippen molar-refractivity contribution in [1.82, 2.24) is 9.55 Å². The molecule has 1 fully saturated rings. The van der Waals surface area contributed by atoms with Crippen molar-refractivity contribution in [2.45, 2.75) is 52.2 Å². The monoisotopic (exact) mass is 290 g/mol. The van der Waals surface area contributed by atoms with Crippen LogP contribution in [-0.2, 0) is 0 Å². The number of imidazole rings is 1. The molecule has 1 aliphatic rings. The van der Waals surface area contributed by atoms with Gasteiger partial charge >= 0.3 is 0 Å². The molecule has 1 heterocycles. The van der Waals surface area contributed by atoms with Crippen molar-refractivity contribution < 1.29 is 4.74 Å². The summed E-state index contributed by atoms with van der Waals surface area (Å²) in [5.41, 5.74) is 2.18. The molecule has 20 heavy (non-hydrogen) atoms. The number of hydrogen-bond acceptors (Lipinski definition) is 2. The summed E-state index contributed by atoms with van der Waals surface area (Å²) in [5, 5.41) is 0. The summed E-state index contributed by atoms with van der Waals surface area (Å²) in [7, 11) is 0. The molecule has 0 spiro atoms. The molecule has 1 saturated carbocycles. The van der Waals surface area contributed by atoms with Crippen molar-refractivity contribution in [3.8, 4) is 5.75 Å². The summed E-state index contributed by atoms with van der Waals surface area (Å²) >= 11 is 5.53. The Kier molecular flexibility index (Phi) is 3.59. The molecule has 1 unspecified atom stereocenters. The van der Waals surface area contributed by atoms with Gasteiger partial charge in [0.2, 0.25) is 0 Å². The van der Waals surface area contributed by atoms with E-state index in [-0.39, 0.29) is 6.10 Å². The number of H-pyrrole nitrogens is 1. The Morgan fingerprint density at radius 2 is 2.10 bits per heavy atom. The molecule has 0 saturated heterocycles. The first-order valence-electron chi connectivity index (χ1n) is 7.46. The second-order valence-electron chi connectivity index (χ2n) is 6.15. The van der Waals surface area contributed by atoms with Gasteiger partial charge in [0.05, 0.1) is 11.6 Å². The fourth-order valence-electron chi connectivity index (χ4n) is 2.85. The van der Waals surface area contributed by atoms with E-state index in [0.29, 0.717) is 6.04 Å². The van der Waals surface area contributed by atoms with Gasteiger partial charge in [0.1, 0.15) is 11.3 Å². The third kappa shape index (κ3) is 2.62. The molecule has 0 amide bonds. The maximum absolute atomic E-state index is 5.88. The van der Waals surface area contributed by atoms with E-state index >= 15 is 0 Å². The van der Waals surface area contributed by atoms with E-state index in [1.54, 1.807) is 0 Å². The van der Waals surface area contributed by atoms with Crippen LogP contribution in [0.2, 0.25) is 0 Å². The summed E-state index contributed by atoms with van der Waals surface area (Å²) < 4.78 is 8.92. The van der Waals surface area contributed by atoms with Crippen LogP contribution in [-0.4, -0.2) is 15.7 Å². The Labute approximate surface area is 125 Å². The van der Waals surface area contributed by atoms with Crippen molar-refractivity contribution in [2.24, 2.45) is 5.92 Å². The number of fused-ring (bicyclic) bond motifs is 1. The Hall–Kier alpha value is -1.29. The largest absolute Gasteiger partial charge is 0.489 e. The third-order valence-electron chi connectivity index (χ3n) is 3.89. The molecule has 1 N–H and O–H groups in total. The fraction of sp³-hybridized carbons (Fsp3) is 0.562. The Morgan fingerprint density at radius 3 is 2.75 bits per heavy atom. The number of benzene rings is 1. The van der Waals surface area contributed by atoms with Gasteiger partial charge in [0.25, 0.3) is 0 Å². The topological polar surface area (TPSA) is 29.9 Å². The highest BCUT2D eigenvalue weighted by Gasteiger charge is 2.25. The summed E-state index contributed by atoms with van der Waals surface area (Å²) in [4.78, 5) is 3.33. The van der Waals surface area contributed by atoms with Crippen LogP contribution < -0.4 is 4.74 Å². The number of rotatable bonds is 5. The maximum atomic E-state index is 5.88. The third-order valence-corrected chi connectivity index (χ3v) is 4.19. The zero-order chi connectivity index (χ0) is 14.3. The first-order chi connectivity index (χ1) is 9.56. The quantitative estimate of drug-likeness (QED) is 0.798. The number of nitrogens with one attached hydrogen (secondary N) is 1. The van der Waals surface area contributed by atoms with Gasteiger partial charge in [-0.15, -0.1) is 0 Å². The Bertz CT molecular complexity index is 667. The zero-order valence-electron chi connectivity index (χ0n) is 12.3. The Morgan fingerprint density at radius 1 is 1.35 bits per heavy atom. The maximum Gasteiger partial charge on any atom is 0.178 e. The molecule has 1 atom stereocenters. The van der Waals surface area contributed by atoms with Gasteiger partial charge in [-0.25, -0.2) is 0 Å². The van der Waals surface area contributed by atoms with E-state index in [4.69, 9.17) is 17.0 Å². The van der Waals surface area contributed by atoms with Gasteiger partial charge in [-0.3, -0.25) is 0 Å². The summed E-state index contributed by atoms with van der Waals surface area (Å²) in [6.07, 6.45) is 4.13. The summed E-state index contributed by atoms with van der Waals surface area (Å²) in [6.45, 7) is 6.34. The van der Waals surface area contributed by atoms with Crippen LogP contribution in [0.5, 0.6) is 5.75 Å². The molecule has 108 valence electrons. The minimum Gasteiger partial charge on any atom is -0.489 e. The fourth-order valence-corrected chi connectivity index (χ4v) is 3.23. The lowest BCUT2D eigenvalue weighted by Crippen LogP contribution is -2.07. The number of nitrogens with zero attached hydrogens (tertiary/aromatic N) is 1. The molecule has 4 heteroatoms. The van der Waals surface area contributed by atoms with Gasteiger partial charge in [0.15, 0.2) is 4.77 Å². The lowest BCUT2D eigenvalue weighted by Gasteiger charge is -2.15. The van der Waals surface area contributed by atoms with Crippen LogP contribution >= 0.6 is 12.2 Å². The van der Waals surface area contributed by atoms with Gasteiger partial charge in [-0.1, -0.05) is 18.9 Å². The average molecular weight is 290 g/mol. The zero-order valence-corrected chi connectivity index (χ0v) is 13.2. The minimum absolute atomic E-state index is 0.162. The van der Waals surface area contributed by atoms with Crippen LogP contribution in [0, 0.1) is 10.7 Å². The predicted molar refractivity (Wildman–Crippen MR) is 84.9 cm³/mol. The van der Waals surface area contributed by atoms with Gasteiger partial charge in [-0.2, -0.15) is 0 Å². The average Bonchev–Trinajstić information content (AvgIpc) is 3.09. The van der Waals surface area contributed by atoms with Crippen molar-refractivity contribution in [3.63, 3.8) is 0 Å². The van der Waals surface area contributed by atoms with Gasteiger partial charge < -0.3 is 14.3 Å². The van der Waals surface area contributed by atoms with Crippen LogP contribution in [0.25, 0.3) is 11.0 Å². The molecule has 1 aliphatic carbocycles. The predicted octanol–water partition coefficient (Wildman–Crippen LogP) is 4.85. The van der Waals surface area contributed by atoms with Gasteiger partial charge in [-0.05, 0) is 57.5 Å². The minimum atomic E-state index is 0.162. The normalized spacial score (nSPS) is 16.8. The lowest BCUT2D eigenvalue weighted by molar-refractivity contribution is 0.245. The highest BCUT2D eigenvalue weighted by Crippen LogP contribution is 2.38. The van der Waals surface area contributed by atoms with E-state index in [0.717, 1.165) is 27.5 Å². The second kappa shape index (κ2) is 5.24. The summed E-state index contributed by atoms with van der Waals surface area (Å²) in [5.74, 6) is 1.79. The molecular formula is C16H22N2OS. The van der Waals surface area contributed by atoms with E-state index in [2.05, 4.69) is 22.5 Å². The molecule has 3 rings (SSSR count). The van der Waals surface area contributed by atoms with Crippen molar-refractivity contribution in [1.29, 1.82) is 0 Å². The number of para-hydroxylation sites is 1. The molecule has 1 aromatic carbocycles. The van der Waals surface area contributed by atoms with Crippen molar-refractivity contribution in [3.05, 3.63) is 23.0 Å². The van der Waals surface area contributed by atoms with Crippen molar-refractivity contribution in [2.75, 3.05) is 0 Å². The van der Waals surface area contributed by atoms with Crippen LogP contribution in [0.1, 0.15) is 46.1 Å². The van der Waals surface area contributed by atoms with Crippen LogP contribution in [0.15, 0.2) is 18.2 Å². The number of aromatic nitrogens is 2. The lowest BCUT2D eigenvalue weighted by atomic mass is 10.1. The van der Waals surface area contributed by atoms with E-state index in [1.165, 1.54) is 19.3 Å². The highest BCUT2D eigenvalue weighted by molar-refractivity contribution is 7.71. The molecule has 1 aromatic heterocycles. The molecule has 0 radical (unpaired) electrons. The first kappa shape index (κ1) is 13.7. The van der Waals surface area contributed by atoms with E-state index in [1.807, 2.05) is 26.0 Å².